The highest BCUT2D eigenvalue weighted by Crippen LogP contribution is 2.08. The van der Waals surface area contributed by atoms with Crippen LogP contribution in [0.1, 0.15) is 0 Å². The van der Waals surface area contributed by atoms with Gasteiger partial charge in [0.2, 0.25) is 52.6 Å². The zero-order valence-electron chi connectivity index (χ0n) is 24.0. The molecule has 2 aliphatic heterocycles. The molecule has 1 aromatic rings. The summed E-state index contributed by atoms with van der Waals surface area (Å²) in [5, 5.41) is 98.5. The Morgan fingerprint density at radius 3 is 0.840 bits per heavy atom. The number of guanidine groups is 1. The van der Waals surface area contributed by atoms with Crippen molar-refractivity contribution < 1.29 is 45.3 Å². The molecule has 40 nitrogen and oxygen atoms in total. The molecule has 0 unspecified atom stereocenters. The van der Waals surface area contributed by atoms with Crippen molar-refractivity contribution in [1.29, 1.82) is 5.41 Å². The van der Waals surface area contributed by atoms with E-state index in [2.05, 4.69) is 16.0 Å². The summed E-state index contributed by atoms with van der Waals surface area (Å²) in [6.07, 6.45) is 2.39. The van der Waals surface area contributed by atoms with E-state index in [0.717, 1.165) is 6.20 Å². The Kier molecular flexibility index (Phi) is 16.0. The third-order valence-electron chi connectivity index (χ3n) is 4.69. The van der Waals surface area contributed by atoms with Crippen molar-refractivity contribution >= 4 is 5.96 Å². The molecule has 0 amide bonds. The zero-order chi connectivity index (χ0) is 38.9. The number of nitrogens with zero attached hydrogens (tertiary/aromatic N) is 19. The van der Waals surface area contributed by atoms with Gasteiger partial charge in [-0.05, 0) is 5.10 Å². The minimum Gasteiger partial charge on any atom is -0.366 e. The molecule has 2 saturated heterocycles. The van der Waals surface area contributed by atoms with Crippen molar-refractivity contribution in [3.8, 4) is 0 Å². The lowest BCUT2D eigenvalue weighted by Gasteiger charge is -2.27. The van der Waals surface area contributed by atoms with Gasteiger partial charge in [0.1, 0.15) is 12.4 Å². The standard InChI is InChI=1S/C4H8N8O8.C3H6N6O6.C2H2N4O2.CH4N4O2/c13-9(14)5-1-6(10(15)16)3-8(12(19)20)4-7(2-5)11(17)18;10-7(11)4-1-5(8(12)13)3-6(2-4)9(14)15;7-6(8)5-2-1-3-4-5;2-1(3)4-5(6)7/h1-4H2;1-3H2;1-2H;(H4,2,3,4). The van der Waals surface area contributed by atoms with E-state index >= 15 is 0 Å². The number of nitro groups is 9. The molecule has 40 heteroatoms. The predicted octanol–water partition coefficient (Wildman–Crippen LogP) is -5.86. The average molecular weight is 736 g/mol. The molecule has 0 radical (unpaired) electrons. The molecule has 3 heterocycles. The van der Waals surface area contributed by atoms with Crippen molar-refractivity contribution in [3.63, 3.8) is 0 Å². The monoisotopic (exact) mass is 736 g/mol. The molecular formula is C10H20N22O18. The highest BCUT2D eigenvalue weighted by atomic mass is 16.7. The Morgan fingerprint density at radius 2 is 0.760 bits per heavy atom. The summed E-state index contributed by atoms with van der Waals surface area (Å²) in [5.74, 6) is -0.662. The van der Waals surface area contributed by atoms with E-state index in [1.807, 2.05) is 0 Å². The highest BCUT2D eigenvalue weighted by Gasteiger charge is 2.40. The van der Waals surface area contributed by atoms with Gasteiger partial charge < -0.3 is 15.8 Å². The van der Waals surface area contributed by atoms with Gasteiger partial charge in [-0.1, -0.05) is 40.5 Å². The first kappa shape index (κ1) is 41.6. The lowest BCUT2D eigenvalue weighted by atomic mass is 10.7. The van der Waals surface area contributed by atoms with Gasteiger partial charge in [0.25, 0.3) is 0 Å². The van der Waals surface area contributed by atoms with Crippen LogP contribution in [0.25, 0.3) is 0 Å². The minimum absolute atomic E-state index is 0.197. The van der Waals surface area contributed by atoms with Crippen molar-refractivity contribution in [2.45, 2.75) is 0 Å². The summed E-state index contributed by atoms with van der Waals surface area (Å²) in [7, 11) is 0. The Balaban J connectivity index is 0.000000698. The Bertz CT molecular complexity index is 1270. The van der Waals surface area contributed by atoms with Crippen molar-refractivity contribution in [3.05, 3.63) is 103 Å². The maximum atomic E-state index is 10.7. The second-order valence-electron chi connectivity index (χ2n) is 8.04. The first-order chi connectivity index (χ1) is 23.1. The number of hydrogen-bond donors (Lipinski definition) is 3. The number of nitrogens with one attached hydrogen (secondary N) is 2. The molecule has 50 heavy (non-hydrogen) atoms. The summed E-state index contributed by atoms with van der Waals surface area (Å²) in [4.78, 5) is 93.1. The number of hydrogen-bond acceptors (Lipinski definition) is 21. The van der Waals surface area contributed by atoms with E-state index in [4.69, 9.17) is 5.41 Å². The van der Waals surface area contributed by atoms with Gasteiger partial charge in [-0.15, -0.1) is 0 Å². The molecule has 4 N–H and O–H groups in total. The largest absolute Gasteiger partial charge is 0.366 e. The van der Waals surface area contributed by atoms with Gasteiger partial charge in [-0.25, -0.2) is 80.9 Å². The summed E-state index contributed by atoms with van der Waals surface area (Å²) in [5.41, 5.74) is 5.91. The van der Waals surface area contributed by atoms with Crippen LogP contribution in [0, 0.1) is 96.4 Å². The summed E-state index contributed by atoms with van der Waals surface area (Å²) < 4.78 is 0. The fraction of sp³-hybridized carbons (Fsp3) is 0.700. The molecule has 278 valence electrons. The number of nitrogens with two attached hydrogens (primary N) is 1. The van der Waals surface area contributed by atoms with Gasteiger partial charge >= 0.3 is 0 Å². The Morgan fingerprint density at radius 1 is 0.520 bits per heavy atom. The third kappa shape index (κ3) is 15.1. The molecule has 0 atom stereocenters. The van der Waals surface area contributed by atoms with Crippen LogP contribution in [-0.2, 0) is 0 Å². The summed E-state index contributed by atoms with van der Waals surface area (Å²) in [6, 6.07) is 0. The number of hydrazine groups is 8. The molecular weight excluding hydrogens is 716 g/mol. The molecule has 0 bridgehead atoms. The van der Waals surface area contributed by atoms with Gasteiger partial charge in [0, 0.05) is 4.79 Å². The van der Waals surface area contributed by atoms with Gasteiger partial charge in [0.15, 0.2) is 45.5 Å². The quantitative estimate of drug-likeness (QED) is 0.0919. The Labute approximate surface area is 269 Å². The van der Waals surface area contributed by atoms with Gasteiger partial charge in [-0.3, -0.25) is 5.41 Å². The fourth-order valence-corrected chi connectivity index (χ4v) is 2.74. The first-order valence-corrected chi connectivity index (χ1v) is 11.6. The molecule has 0 spiro atoms. The van der Waals surface area contributed by atoms with Crippen LogP contribution in [0.5, 0.6) is 0 Å². The van der Waals surface area contributed by atoms with Crippen molar-refractivity contribution in [2.75, 3.05) is 46.7 Å². The van der Waals surface area contributed by atoms with E-state index in [1.165, 1.54) is 11.6 Å². The van der Waals surface area contributed by atoms with Crippen LogP contribution >= 0.6 is 0 Å². The van der Waals surface area contributed by atoms with Crippen LogP contribution in [0.2, 0.25) is 0 Å². The van der Waals surface area contributed by atoms with Crippen LogP contribution in [0.4, 0.5) is 0 Å². The molecule has 1 aromatic heterocycles. The van der Waals surface area contributed by atoms with Crippen LogP contribution < -0.4 is 11.2 Å². The van der Waals surface area contributed by atoms with E-state index in [9.17, 15) is 91.0 Å². The normalized spacial score (nSPS) is 14.0. The number of rotatable bonds is 9. The molecule has 2 fully saturated rings. The smallest absolute Gasteiger partial charge is 0.248 e. The Hall–Kier alpha value is -8.39. The predicted molar refractivity (Wildman–Crippen MR) is 140 cm³/mol. The molecule has 2 aliphatic rings. The summed E-state index contributed by atoms with van der Waals surface area (Å²) in [6.45, 7) is -5.58. The van der Waals surface area contributed by atoms with Crippen molar-refractivity contribution in [1.82, 2.24) is 55.6 Å². The molecule has 3 rings (SSSR count). The lowest BCUT2D eigenvalue weighted by Crippen LogP contribution is -2.59. The van der Waals surface area contributed by atoms with Gasteiger partial charge in [-0.2, -0.15) is 0 Å². The highest BCUT2D eigenvalue weighted by molar-refractivity contribution is 5.72. The number of aromatic nitrogens is 3. The molecule has 0 saturated carbocycles. The average Bonchev–Trinajstić information content (AvgIpc) is 3.52. The maximum Gasteiger partial charge on any atom is 0.248 e. The fourth-order valence-electron chi connectivity index (χ4n) is 2.74. The second-order valence-corrected chi connectivity index (χ2v) is 8.04. The van der Waals surface area contributed by atoms with Crippen molar-refractivity contribution in [2.24, 2.45) is 5.73 Å². The van der Waals surface area contributed by atoms with Gasteiger partial charge in [0.05, 0.1) is 5.03 Å². The maximum absolute atomic E-state index is 10.7. The van der Waals surface area contributed by atoms with E-state index in [1.54, 1.807) is 0 Å². The van der Waals surface area contributed by atoms with Crippen LogP contribution in [-0.4, -0.2) is 148 Å². The van der Waals surface area contributed by atoms with E-state index in [0.29, 0.717) is 19.8 Å². The lowest BCUT2D eigenvalue weighted by molar-refractivity contribution is -0.775. The van der Waals surface area contributed by atoms with Crippen LogP contribution in [0.3, 0.4) is 0 Å². The minimum atomic E-state index is -1.06. The summed E-state index contributed by atoms with van der Waals surface area (Å²) >= 11 is 0. The van der Waals surface area contributed by atoms with E-state index in [-0.39, 0.29) is 20.0 Å². The third-order valence-corrected chi connectivity index (χ3v) is 4.69. The molecule has 0 aromatic carbocycles. The van der Waals surface area contributed by atoms with E-state index < -0.39 is 97.9 Å². The van der Waals surface area contributed by atoms with Crippen LogP contribution in [0.15, 0.2) is 12.4 Å². The second kappa shape index (κ2) is 19.2. The topological polar surface area (TPSA) is 504 Å². The molecule has 0 aliphatic carbocycles. The first-order valence-electron chi connectivity index (χ1n) is 11.6. The SMILES string of the molecule is N=C(N)N[N+](=O)[O-].O=[N+]([O-])N1CN([N+](=O)[O-])CN([N+](=O)[O-])C1.O=[N+]([O-])N1CN([N+](=O)[O-])CN([N+](=O)[O-])CN([N+](=O)[O-])C1.O=[N+]([O-])n1ccnn1. The zero-order valence-corrected chi connectivity index (χ0v) is 24.0.